The van der Waals surface area contributed by atoms with E-state index in [1.807, 2.05) is 51.1 Å². The molecule has 0 fully saturated rings. The third kappa shape index (κ3) is 4.11. The van der Waals surface area contributed by atoms with E-state index in [0.717, 1.165) is 5.56 Å². The van der Waals surface area contributed by atoms with Crippen LogP contribution in [-0.4, -0.2) is 10.9 Å². The van der Waals surface area contributed by atoms with Crippen LogP contribution < -0.4 is 5.32 Å². The molecule has 0 saturated carbocycles. The largest absolute Gasteiger partial charge is 0.320 e. The Bertz CT molecular complexity index is 384. The highest BCUT2D eigenvalue weighted by Gasteiger charge is 2.18. The Balaban J connectivity index is 0.00000256. The zero-order chi connectivity index (χ0) is 12.2. The maximum atomic E-state index is 11.7. The number of thiocarbonyl (C=S) groups is 1. The van der Waals surface area contributed by atoms with Crippen molar-refractivity contribution in [3.05, 3.63) is 35.9 Å². The van der Waals surface area contributed by atoms with Crippen molar-refractivity contribution in [3.8, 4) is 0 Å². The minimum Gasteiger partial charge on any atom is -0.320 e. The van der Waals surface area contributed by atoms with Crippen LogP contribution in [0.15, 0.2) is 30.3 Å². The molecule has 0 spiro atoms. The van der Waals surface area contributed by atoms with Crippen molar-refractivity contribution in [2.45, 2.75) is 27.2 Å². The van der Waals surface area contributed by atoms with Crippen LogP contribution in [0.4, 0.5) is 0 Å². The minimum atomic E-state index is -0.165. The number of carbonyl (C=O) groups is 1. The second-order valence-corrected chi connectivity index (χ2v) is 5.20. The lowest BCUT2D eigenvalue weighted by Crippen LogP contribution is -2.38. The van der Waals surface area contributed by atoms with Gasteiger partial charge in [0.25, 0.3) is 0 Å². The molecule has 0 heterocycles. The fourth-order valence-corrected chi connectivity index (χ4v) is 1.25. The predicted molar refractivity (Wildman–Crippen MR) is 72.5 cm³/mol. The number of benzene rings is 1. The first-order chi connectivity index (χ1) is 7.39. The number of hydrogen-bond acceptors (Lipinski definition) is 2. The lowest BCUT2D eigenvalue weighted by atomic mass is 9.96. The molecule has 16 heavy (non-hydrogen) atoms. The third-order valence-electron chi connectivity index (χ3n) is 2.14. The summed E-state index contributed by atoms with van der Waals surface area (Å²) in [7, 11) is 0. The Hall–Kier alpha value is -1.22. The molecule has 2 nitrogen and oxygen atoms in total. The van der Waals surface area contributed by atoms with Crippen LogP contribution in [0.5, 0.6) is 0 Å². The van der Waals surface area contributed by atoms with E-state index in [0.29, 0.717) is 11.4 Å². The van der Waals surface area contributed by atoms with E-state index in [1.54, 1.807) is 0 Å². The van der Waals surface area contributed by atoms with Crippen molar-refractivity contribution in [2.24, 2.45) is 5.41 Å². The van der Waals surface area contributed by atoms with Gasteiger partial charge in [0.2, 0.25) is 5.91 Å². The van der Waals surface area contributed by atoms with Crippen molar-refractivity contribution in [1.82, 2.24) is 5.32 Å². The molecule has 3 heteroatoms. The Labute approximate surface area is 104 Å². The molecule has 0 aliphatic heterocycles. The molecule has 0 aliphatic rings. The van der Waals surface area contributed by atoms with Gasteiger partial charge in [-0.25, -0.2) is 0 Å². The van der Waals surface area contributed by atoms with Gasteiger partial charge in [0.15, 0.2) is 0 Å². The summed E-state index contributed by atoms with van der Waals surface area (Å²) in [6.45, 7) is 5.95. The van der Waals surface area contributed by atoms with E-state index in [-0.39, 0.29) is 12.7 Å². The van der Waals surface area contributed by atoms with E-state index in [1.165, 1.54) is 0 Å². The van der Waals surface area contributed by atoms with Crippen molar-refractivity contribution < 1.29 is 6.22 Å². The first-order valence-electron chi connectivity index (χ1n) is 5.28. The van der Waals surface area contributed by atoms with E-state index in [9.17, 15) is 4.79 Å². The predicted octanol–water partition coefficient (Wildman–Crippen LogP) is 2.96. The van der Waals surface area contributed by atoms with E-state index >= 15 is 0 Å². The second kappa shape index (κ2) is 5.21. The van der Waals surface area contributed by atoms with Crippen molar-refractivity contribution in [3.63, 3.8) is 0 Å². The lowest BCUT2D eigenvalue weighted by molar-refractivity contribution is -0.119. The van der Waals surface area contributed by atoms with Crippen LogP contribution in [-0.2, 0) is 11.2 Å². The molecule has 0 bridgehead atoms. The van der Waals surface area contributed by atoms with Crippen molar-refractivity contribution in [2.75, 3.05) is 0 Å². The van der Waals surface area contributed by atoms with Gasteiger partial charge in [-0.2, -0.15) is 0 Å². The molecule has 0 atom stereocenters. The number of nitrogens with one attached hydrogen (secondary N) is 1. The smallest absolute Gasteiger partial charge is 0.229 e. The van der Waals surface area contributed by atoms with Crippen LogP contribution in [0.1, 0.15) is 27.8 Å². The van der Waals surface area contributed by atoms with Gasteiger partial charge < -0.3 is 5.32 Å². The fourth-order valence-electron chi connectivity index (χ4n) is 1.14. The summed E-state index contributed by atoms with van der Waals surface area (Å²) in [5.74, 6) is -0.0499. The van der Waals surface area contributed by atoms with Crippen molar-refractivity contribution >= 4 is 23.1 Å². The molecule has 0 aliphatic carbocycles. The standard InChI is InChI=1S/C13H17NOS.H2/c1-13(2,3)12(16)14-11(15)9-10-7-5-4-6-8-10;/h4-8H,9H2,1-3H3,(H,14,15,16);1H. The highest BCUT2D eigenvalue weighted by Crippen LogP contribution is 2.14. The zero-order valence-corrected chi connectivity index (χ0v) is 10.7. The Morgan fingerprint density at radius 2 is 1.88 bits per heavy atom. The normalized spacial score (nSPS) is 10.9. The van der Waals surface area contributed by atoms with Gasteiger partial charge >= 0.3 is 0 Å². The van der Waals surface area contributed by atoms with Gasteiger partial charge in [-0.1, -0.05) is 63.3 Å². The number of amides is 1. The summed E-state index contributed by atoms with van der Waals surface area (Å²) in [5.41, 5.74) is 0.832. The highest BCUT2D eigenvalue weighted by atomic mass is 32.1. The summed E-state index contributed by atoms with van der Waals surface area (Å²) in [4.78, 5) is 12.3. The molecule has 1 aromatic carbocycles. The molecule has 1 aromatic rings. The van der Waals surface area contributed by atoms with Crippen LogP contribution >= 0.6 is 12.2 Å². The molecule has 1 amide bonds. The number of carbonyl (C=O) groups excluding carboxylic acids is 1. The minimum absolute atomic E-state index is 0. The van der Waals surface area contributed by atoms with Crippen molar-refractivity contribution in [1.29, 1.82) is 0 Å². The second-order valence-electron chi connectivity index (χ2n) is 4.79. The first kappa shape index (κ1) is 12.8. The number of rotatable bonds is 2. The molecule has 0 unspecified atom stereocenters. The molecule has 0 aromatic heterocycles. The van der Waals surface area contributed by atoms with E-state index < -0.39 is 0 Å². The van der Waals surface area contributed by atoms with Gasteiger partial charge in [0.05, 0.1) is 11.4 Å². The van der Waals surface area contributed by atoms with Gasteiger partial charge in [0, 0.05) is 6.84 Å². The van der Waals surface area contributed by atoms with Crippen LogP contribution in [0.2, 0.25) is 0 Å². The average molecular weight is 237 g/mol. The fraction of sp³-hybridized carbons (Fsp3) is 0.385. The quantitative estimate of drug-likeness (QED) is 0.801. The lowest BCUT2D eigenvalue weighted by Gasteiger charge is -2.20. The Morgan fingerprint density at radius 1 is 1.31 bits per heavy atom. The summed E-state index contributed by atoms with van der Waals surface area (Å²) < 4.78 is 0. The molecule has 0 radical (unpaired) electrons. The van der Waals surface area contributed by atoms with Gasteiger partial charge in [-0.3, -0.25) is 4.79 Å². The van der Waals surface area contributed by atoms with Crippen LogP contribution in [0, 0.1) is 5.41 Å². The van der Waals surface area contributed by atoms with Gasteiger partial charge in [0.1, 0.15) is 0 Å². The molecular weight excluding hydrogens is 218 g/mol. The first-order valence-corrected chi connectivity index (χ1v) is 5.68. The van der Waals surface area contributed by atoms with Crippen LogP contribution in [0.25, 0.3) is 0 Å². The molecule has 88 valence electrons. The summed E-state index contributed by atoms with van der Waals surface area (Å²) in [6.07, 6.45) is 0.372. The maximum absolute atomic E-state index is 11.7. The summed E-state index contributed by atoms with van der Waals surface area (Å²) in [6, 6.07) is 9.63. The summed E-state index contributed by atoms with van der Waals surface area (Å²) in [5, 5.41) is 2.76. The third-order valence-corrected chi connectivity index (χ3v) is 2.86. The zero-order valence-electron chi connectivity index (χ0n) is 9.91. The monoisotopic (exact) mass is 237 g/mol. The molecule has 1 N–H and O–H groups in total. The SMILES string of the molecule is CC(C)(C)C(=S)NC(=O)Cc1ccccc1.[HH]. The topological polar surface area (TPSA) is 29.1 Å². The summed E-state index contributed by atoms with van der Waals surface area (Å²) >= 11 is 5.15. The average Bonchev–Trinajstić information content (AvgIpc) is 2.17. The van der Waals surface area contributed by atoms with Crippen LogP contribution in [0.3, 0.4) is 0 Å². The maximum Gasteiger partial charge on any atom is 0.229 e. The molecule has 0 saturated heterocycles. The van der Waals surface area contributed by atoms with E-state index in [2.05, 4.69) is 5.32 Å². The number of hydrogen-bond donors (Lipinski definition) is 1. The Morgan fingerprint density at radius 3 is 2.38 bits per heavy atom. The van der Waals surface area contributed by atoms with E-state index in [4.69, 9.17) is 12.2 Å². The van der Waals surface area contributed by atoms with Gasteiger partial charge in [-0.15, -0.1) is 0 Å². The highest BCUT2D eigenvalue weighted by molar-refractivity contribution is 7.80. The van der Waals surface area contributed by atoms with Gasteiger partial charge in [-0.05, 0) is 5.56 Å². The molecule has 1 rings (SSSR count). The molecular formula is C13H19NOS. The Kier molecular flexibility index (Phi) is 4.19.